The lowest BCUT2D eigenvalue weighted by atomic mass is 10.1. The van der Waals surface area contributed by atoms with Crippen molar-refractivity contribution in [2.75, 3.05) is 18.5 Å². The summed E-state index contributed by atoms with van der Waals surface area (Å²) in [4.78, 5) is 21.3. The third kappa shape index (κ3) is 4.29. The predicted molar refractivity (Wildman–Crippen MR) is 64.0 cm³/mol. The second-order valence-electron chi connectivity index (χ2n) is 4.17. The largest absolute Gasteiger partial charge is 0.477 e. The van der Waals surface area contributed by atoms with Crippen molar-refractivity contribution in [3.05, 3.63) is 33.6 Å². The Kier molecular flexibility index (Phi) is 4.71. The Morgan fingerprint density at radius 2 is 2.00 bits per heavy atom. The zero-order chi connectivity index (χ0) is 16.4. The van der Waals surface area contributed by atoms with Crippen LogP contribution in [0.3, 0.4) is 0 Å². The second kappa shape index (κ2) is 5.94. The zero-order valence-electron chi connectivity index (χ0n) is 10.6. The van der Waals surface area contributed by atoms with Crippen LogP contribution < -0.4 is 4.90 Å². The van der Waals surface area contributed by atoms with Crippen LogP contribution in [0.5, 0.6) is 0 Å². The minimum atomic E-state index is -4.46. The normalized spacial score (nSPS) is 11.3. The van der Waals surface area contributed by atoms with Crippen LogP contribution in [0.1, 0.15) is 16.8 Å². The van der Waals surface area contributed by atoms with Crippen molar-refractivity contribution < 1.29 is 32.4 Å². The molecule has 0 aliphatic carbocycles. The average molecular weight is 310 g/mol. The van der Waals surface area contributed by atoms with Crippen LogP contribution >= 0.6 is 0 Å². The first-order chi connectivity index (χ1) is 9.53. The maximum atomic E-state index is 13.7. The number of benzene rings is 1. The number of carboxylic acids is 1. The highest BCUT2D eigenvalue weighted by Crippen LogP contribution is 2.29. The van der Waals surface area contributed by atoms with E-state index in [-0.39, 0.29) is 0 Å². The van der Waals surface area contributed by atoms with Crippen molar-refractivity contribution in [3.63, 3.8) is 0 Å². The van der Waals surface area contributed by atoms with E-state index in [4.69, 9.17) is 5.11 Å². The lowest BCUT2D eigenvalue weighted by Gasteiger charge is -2.21. The van der Waals surface area contributed by atoms with Gasteiger partial charge in [-0.2, -0.15) is 13.2 Å². The predicted octanol–water partition coefficient (Wildman–Crippen LogP) is 2.82. The van der Waals surface area contributed by atoms with E-state index in [1.165, 1.54) is 0 Å². The highest BCUT2D eigenvalue weighted by molar-refractivity contribution is 5.93. The van der Waals surface area contributed by atoms with Gasteiger partial charge >= 0.3 is 12.1 Å². The molecule has 0 aliphatic rings. The van der Waals surface area contributed by atoms with E-state index in [0.717, 1.165) is 11.9 Å². The van der Waals surface area contributed by atoms with E-state index in [1.807, 2.05) is 0 Å². The highest BCUT2D eigenvalue weighted by Gasteiger charge is 2.29. The molecule has 0 fully saturated rings. The van der Waals surface area contributed by atoms with Gasteiger partial charge in [0.25, 0.3) is 5.69 Å². The molecule has 0 saturated heterocycles. The van der Waals surface area contributed by atoms with Crippen molar-refractivity contribution >= 4 is 17.3 Å². The molecule has 0 bridgehead atoms. The quantitative estimate of drug-likeness (QED) is 0.513. The molecule has 0 saturated carbocycles. The fourth-order valence-electron chi connectivity index (χ4n) is 1.58. The van der Waals surface area contributed by atoms with Gasteiger partial charge < -0.3 is 10.0 Å². The summed E-state index contributed by atoms with van der Waals surface area (Å²) < 4.78 is 50.0. The summed E-state index contributed by atoms with van der Waals surface area (Å²) in [5, 5.41) is 19.5. The molecule has 1 N–H and O–H groups in total. The number of rotatable bonds is 5. The number of nitro benzene ring substituents is 1. The van der Waals surface area contributed by atoms with Gasteiger partial charge in [-0.1, -0.05) is 0 Å². The standard InChI is InChI=1S/C11H10F4N2O4/c1-16(3-2-11(13,14)15)9-4-6(10(18)19)8(17(20)21)5-7(9)12/h4-5H,2-3H2,1H3,(H,18,19). The van der Waals surface area contributed by atoms with Crippen LogP contribution in [-0.2, 0) is 0 Å². The number of nitro groups is 1. The molecule has 0 amide bonds. The van der Waals surface area contributed by atoms with Crippen LogP contribution in [-0.4, -0.2) is 35.8 Å². The van der Waals surface area contributed by atoms with Gasteiger partial charge in [-0.05, 0) is 6.07 Å². The SMILES string of the molecule is CN(CCC(F)(F)F)c1cc(C(=O)O)c([N+](=O)[O-])cc1F. The summed E-state index contributed by atoms with van der Waals surface area (Å²) in [5.41, 5.74) is -2.22. The van der Waals surface area contributed by atoms with E-state index in [2.05, 4.69) is 0 Å². The maximum absolute atomic E-state index is 13.7. The third-order valence-electron chi connectivity index (χ3n) is 2.63. The van der Waals surface area contributed by atoms with Crippen LogP contribution in [0.15, 0.2) is 12.1 Å². The molecule has 1 aromatic carbocycles. The number of nitrogens with zero attached hydrogens (tertiary/aromatic N) is 2. The topological polar surface area (TPSA) is 83.7 Å². The molecule has 1 aromatic rings. The molecule has 0 heterocycles. The number of hydrogen-bond donors (Lipinski definition) is 1. The fourth-order valence-corrected chi connectivity index (χ4v) is 1.58. The monoisotopic (exact) mass is 310 g/mol. The number of alkyl halides is 3. The van der Waals surface area contributed by atoms with Crippen LogP contribution in [0.4, 0.5) is 28.9 Å². The van der Waals surface area contributed by atoms with Crippen LogP contribution in [0.2, 0.25) is 0 Å². The van der Waals surface area contributed by atoms with Crippen molar-refractivity contribution in [2.24, 2.45) is 0 Å². The number of carbonyl (C=O) groups is 1. The molecule has 10 heteroatoms. The van der Waals surface area contributed by atoms with Gasteiger partial charge in [-0.15, -0.1) is 0 Å². The van der Waals surface area contributed by atoms with Gasteiger partial charge in [0, 0.05) is 13.6 Å². The second-order valence-corrected chi connectivity index (χ2v) is 4.17. The average Bonchev–Trinajstić information content (AvgIpc) is 2.34. The minimum Gasteiger partial charge on any atom is -0.477 e. The first-order valence-corrected chi connectivity index (χ1v) is 5.52. The first-order valence-electron chi connectivity index (χ1n) is 5.52. The van der Waals surface area contributed by atoms with E-state index < -0.39 is 52.8 Å². The number of aromatic carboxylic acids is 1. The molecule has 0 unspecified atom stereocenters. The van der Waals surface area contributed by atoms with Crippen LogP contribution in [0.25, 0.3) is 0 Å². The lowest BCUT2D eigenvalue weighted by molar-refractivity contribution is -0.385. The van der Waals surface area contributed by atoms with E-state index in [0.29, 0.717) is 12.1 Å². The minimum absolute atomic E-state index is 0.378. The third-order valence-corrected chi connectivity index (χ3v) is 2.63. The van der Waals surface area contributed by atoms with Gasteiger partial charge in [0.2, 0.25) is 0 Å². The number of anilines is 1. The Bertz CT molecular complexity index is 574. The highest BCUT2D eigenvalue weighted by atomic mass is 19.4. The molecule has 0 spiro atoms. The summed E-state index contributed by atoms with van der Waals surface area (Å²) in [6, 6.07) is 1.02. The van der Waals surface area contributed by atoms with E-state index in [1.54, 1.807) is 0 Å². The van der Waals surface area contributed by atoms with Gasteiger partial charge in [-0.3, -0.25) is 10.1 Å². The fraction of sp³-hybridized carbons (Fsp3) is 0.364. The lowest BCUT2D eigenvalue weighted by Crippen LogP contribution is -2.25. The van der Waals surface area contributed by atoms with Gasteiger partial charge in [0.1, 0.15) is 5.56 Å². The van der Waals surface area contributed by atoms with Crippen molar-refractivity contribution in [3.8, 4) is 0 Å². The number of halogens is 4. The molecule has 6 nitrogen and oxygen atoms in total. The Labute approximate surface area is 115 Å². The first kappa shape index (κ1) is 16.7. The maximum Gasteiger partial charge on any atom is 0.390 e. The zero-order valence-corrected chi connectivity index (χ0v) is 10.6. The van der Waals surface area contributed by atoms with E-state index >= 15 is 0 Å². The summed E-state index contributed by atoms with van der Waals surface area (Å²) in [5.74, 6) is -2.84. The molecule has 1 rings (SSSR count). The Balaban J connectivity index is 3.16. The Hall–Kier alpha value is -2.39. The summed E-state index contributed by atoms with van der Waals surface area (Å²) in [6.45, 7) is -0.614. The molecular weight excluding hydrogens is 300 g/mol. The smallest absolute Gasteiger partial charge is 0.390 e. The molecule has 0 atom stereocenters. The molecule has 21 heavy (non-hydrogen) atoms. The van der Waals surface area contributed by atoms with Crippen molar-refractivity contribution in [1.29, 1.82) is 0 Å². The van der Waals surface area contributed by atoms with Gasteiger partial charge in [0.15, 0.2) is 5.82 Å². The Morgan fingerprint density at radius 3 is 2.43 bits per heavy atom. The molecule has 116 valence electrons. The van der Waals surface area contributed by atoms with E-state index in [9.17, 15) is 32.5 Å². The van der Waals surface area contributed by atoms with Gasteiger partial charge in [0.05, 0.1) is 23.1 Å². The van der Waals surface area contributed by atoms with Crippen LogP contribution in [0, 0.1) is 15.9 Å². The molecule has 0 aliphatic heterocycles. The summed E-state index contributed by atoms with van der Waals surface area (Å²) >= 11 is 0. The molecule has 0 radical (unpaired) electrons. The Morgan fingerprint density at radius 1 is 1.43 bits per heavy atom. The molecule has 0 aromatic heterocycles. The van der Waals surface area contributed by atoms with Crippen molar-refractivity contribution in [1.82, 2.24) is 0 Å². The number of hydrogen-bond acceptors (Lipinski definition) is 4. The van der Waals surface area contributed by atoms with Gasteiger partial charge in [-0.25, -0.2) is 9.18 Å². The summed E-state index contributed by atoms with van der Waals surface area (Å²) in [7, 11) is 1.13. The summed E-state index contributed by atoms with van der Waals surface area (Å²) in [6.07, 6.45) is -5.69. The molecular formula is C11H10F4N2O4. The van der Waals surface area contributed by atoms with Crippen molar-refractivity contribution in [2.45, 2.75) is 12.6 Å². The number of carboxylic acid groups (broad SMARTS) is 1.